The SMILES string of the molecule is CCc1ccc(C(C)N2CCCCC2C(=O)O)cc1. The van der Waals surface area contributed by atoms with Gasteiger partial charge in [-0.05, 0) is 43.9 Å². The Labute approximate surface area is 115 Å². The van der Waals surface area contributed by atoms with Crippen molar-refractivity contribution in [3.8, 4) is 0 Å². The van der Waals surface area contributed by atoms with Crippen LogP contribution in [0.15, 0.2) is 24.3 Å². The maximum absolute atomic E-state index is 11.4. The predicted octanol–water partition coefficient (Wildman–Crippen LogP) is 3.25. The van der Waals surface area contributed by atoms with Gasteiger partial charge in [-0.2, -0.15) is 0 Å². The summed E-state index contributed by atoms with van der Waals surface area (Å²) in [6, 6.07) is 8.41. The highest BCUT2D eigenvalue weighted by Crippen LogP contribution is 2.28. The van der Waals surface area contributed by atoms with Gasteiger partial charge in [0.05, 0.1) is 0 Å². The number of hydrogen-bond acceptors (Lipinski definition) is 2. The first-order chi connectivity index (χ1) is 9.13. The van der Waals surface area contributed by atoms with Gasteiger partial charge in [0.2, 0.25) is 0 Å². The third kappa shape index (κ3) is 3.16. The number of aryl methyl sites for hydroxylation is 1. The largest absolute Gasteiger partial charge is 0.480 e. The quantitative estimate of drug-likeness (QED) is 0.904. The fourth-order valence-corrected chi connectivity index (χ4v) is 2.91. The van der Waals surface area contributed by atoms with Crippen LogP contribution in [0.5, 0.6) is 0 Å². The van der Waals surface area contributed by atoms with E-state index in [1.165, 1.54) is 11.1 Å². The smallest absolute Gasteiger partial charge is 0.320 e. The van der Waals surface area contributed by atoms with Crippen LogP contribution in [0, 0.1) is 0 Å². The molecule has 0 aromatic heterocycles. The van der Waals surface area contributed by atoms with Gasteiger partial charge in [0, 0.05) is 6.04 Å². The monoisotopic (exact) mass is 261 g/mol. The molecule has 1 aliphatic rings. The van der Waals surface area contributed by atoms with Crippen molar-refractivity contribution >= 4 is 5.97 Å². The molecular weight excluding hydrogens is 238 g/mol. The van der Waals surface area contributed by atoms with Crippen LogP contribution in [0.3, 0.4) is 0 Å². The van der Waals surface area contributed by atoms with Gasteiger partial charge in [0.25, 0.3) is 0 Å². The van der Waals surface area contributed by atoms with Gasteiger partial charge in [0.15, 0.2) is 0 Å². The number of benzene rings is 1. The van der Waals surface area contributed by atoms with Crippen LogP contribution >= 0.6 is 0 Å². The molecular formula is C16H23NO2. The summed E-state index contributed by atoms with van der Waals surface area (Å²) < 4.78 is 0. The lowest BCUT2D eigenvalue weighted by atomic mass is 9.96. The van der Waals surface area contributed by atoms with E-state index in [-0.39, 0.29) is 12.1 Å². The molecule has 0 amide bonds. The highest BCUT2D eigenvalue weighted by molar-refractivity contribution is 5.73. The van der Waals surface area contributed by atoms with Gasteiger partial charge < -0.3 is 5.11 Å². The second kappa shape index (κ2) is 6.20. The fourth-order valence-electron chi connectivity index (χ4n) is 2.91. The number of piperidine rings is 1. The van der Waals surface area contributed by atoms with E-state index in [0.717, 1.165) is 32.2 Å². The Morgan fingerprint density at radius 1 is 1.37 bits per heavy atom. The maximum atomic E-state index is 11.4. The summed E-state index contributed by atoms with van der Waals surface area (Å²) in [6.07, 6.45) is 3.93. The first kappa shape index (κ1) is 14.1. The fraction of sp³-hybridized carbons (Fsp3) is 0.562. The van der Waals surface area contributed by atoms with E-state index in [1.54, 1.807) is 0 Å². The Bertz CT molecular complexity index is 427. The second-order valence-corrected chi connectivity index (χ2v) is 5.36. The molecule has 0 bridgehead atoms. The number of carboxylic acids is 1. The topological polar surface area (TPSA) is 40.5 Å². The van der Waals surface area contributed by atoms with Crippen molar-refractivity contribution in [1.82, 2.24) is 4.90 Å². The lowest BCUT2D eigenvalue weighted by Crippen LogP contribution is -2.45. The molecule has 1 aliphatic heterocycles. The van der Waals surface area contributed by atoms with Crippen LogP contribution in [0.1, 0.15) is 50.3 Å². The second-order valence-electron chi connectivity index (χ2n) is 5.36. The zero-order valence-electron chi connectivity index (χ0n) is 11.8. The Hall–Kier alpha value is -1.35. The van der Waals surface area contributed by atoms with Gasteiger partial charge in [-0.3, -0.25) is 9.69 Å². The van der Waals surface area contributed by atoms with E-state index in [2.05, 4.69) is 43.0 Å². The Morgan fingerprint density at radius 3 is 2.63 bits per heavy atom. The number of hydrogen-bond donors (Lipinski definition) is 1. The maximum Gasteiger partial charge on any atom is 0.320 e. The van der Waals surface area contributed by atoms with E-state index in [4.69, 9.17) is 0 Å². The van der Waals surface area contributed by atoms with Gasteiger partial charge in [0.1, 0.15) is 6.04 Å². The van der Waals surface area contributed by atoms with Gasteiger partial charge in [-0.1, -0.05) is 37.6 Å². The minimum Gasteiger partial charge on any atom is -0.480 e. The summed E-state index contributed by atoms with van der Waals surface area (Å²) in [5, 5.41) is 9.34. The molecule has 1 aromatic rings. The van der Waals surface area contributed by atoms with Crippen molar-refractivity contribution in [2.75, 3.05) is 6.54 Å². The van der Waals surface area contributed by atoms with Crippen molar-refractivity contribution in [3.05, 3.63) is 35.4 Å². The summed E-state index contributed by atoms with van der Waals surface area (Å²) in [5.41, 5.74) is 2.54. The van der Waals surface area contributed by atoms with Crippen molar-refractivity contribution in [2.45, 2.75) is 51.6 Å². The number of carboxylic acid groups (broad SMARTS) is 1. The first-order valence-corrected chi connectivity index (χ1v) is 7.21. The molecule has 0 saturated carbocycles. The van der Waals surface area contributed by atoms with E-state index in [9.17, 15) is 9.90 Å². The number of carbonyl (C=O) groups is 1. The molecule has 1 fully saturated rings. The highest BCUT2D eigenvalue weighted by atomic mass is 16.4. The molecule has 1 saturated heterocycles. The third-order valence-electron chi connectivity index (χ3n) is 4.20. The van der Waals surface area contributed by atoms with Crippen LogP contribution in [-0.4, -0.2) is 28.6 Å². The summed E-state index contributed by atoms with van der Waals surface area (Å²) in [4.78, 5) is 13.5. The molecule has 3 heteroatoms. The van der Waals surface area contributed by atoms with Crippen LogP contribution < -0.4 is 0 Å². The van der Waals surface area contributed by atoms with Gasteiger partial charge in [-0.25, -0.2) is 0 Å². The minimum absolute atomic E-state index is 0.173. The molecule has 0 aliphatic carbocycles. The highest BCUT2D eigenvalue weighted by Gasteiger charge is 2.31. The van der Waals surface area contributed by atoms with E-state index in [0.29, 0.717) is 0 Å². The predicted molar refractivity (Wildman–Crippen MR) is 76.2 cm³/mol. The summed E-state index contributed by atoms with van der Waals surface area (Å²) in [6.45, 7) is 5.14. The molecule has 0 spiro atoms. The van der Waals surface area contributed by atoms with Crippen molar-refractivity contribution in [1.29, 1.82) is 0 Å². The number of rotatable bonds is 4. The van der Waals surface area contributed by atoms with Crippen molar-refractivity contribution in [3.63, 3.8) is 0 Å². The Kier molecular flexibility index (Phi) is 4.59. The first-order valence-electron chi connectivity index (χ1n) is 7.21. The van der Waals surface area contributed by atoms with E-state index < -0.39 is 5.97 Å². The van der Waals surface area contributed by atoms with Gasteiger partial charge in [-0.15, -0.1) is 0 Å². The molecule has 2 atom stereocenters. The molecule has 104 valence electrons. The van der Waals surface area contributed by atoms with Crippen molar-refractivity contribution in [2.24, 2.45) is 0 Å². The number of nitrogens with zero attached hydrogens (tertiary/aromatic N) is 1. The zero-order valence-corrected chi connectivity index (χ0v) is 11.8. The summed E-state index contributed by atoms with van der Waals surface area (Å²) in [5.74, 6) is -0.684. The van der Waals surface area contributed by atoms with Crippen LogP contribution in [0.2, 0.25) is 0 Å². The minimum atomic E-state index is -0.684. The van der Waals surface area contributed by atoms with Crippen LogP contribution in [0.4, 0.5) is 0 Å². The molecule has 0 radical (unpaired) electrons. The number of likely N-dealkylation sites (tertiary alicyclic amines) is 1. The number of aliphatic carboxylic acids is 1. The van der Waals surface area contributed by atoms with E-state index in [1.807, 2.05) is 0 Å². The normalized spacial score (nSPS) is 22.1. The molecule has 1 aromatic carbocycles. The third-order valence-corrected chi connectivity index (χ3v) is 4.20. The lowest BCUT2D eigenvalue weighted by molar-refractivity contribution is -0.145. The van der Waals surface area contributed by atoms with Crippen LogP contribution in [0.25, 0.3) is 0 Å². The standard InChI is InChI=1S/C16H23NO2/c1-3-13-7-9-14(10-8-13)12(2)17-11-5-4-6-15(17)16(18)19/h7-10,12,15H,3-6,11H2,1-2H3,(H,18,19). The molecule has 1 N–H and O–H groups in total. The zero-order chi connectivity index (χ0) is 13.8. The molecule has 19 heavy (non-hydrogen) atoms. The van der Waals surface area contributed by atoms with Crippen molar-refractivity contribution < 1.29 is 9.90 Å². The molecule has 1 heterocycles. The van der Waals surface area contributed by atoms with E-state index >= 15 is 0 Å². The lowest BCUT2D eigenvalue weighted by Gasteiger charge is -2.37. The Morgan fingerprint density at radius 2 is 2.05 bits per heavy atom. The molecule has 3 nitrogen and oxygen atoms in total. The Balaban J connectivity index is 2.15. The van der Waals surface area contributed by atoms with Crippen LogP contribution in [-0.2, 0) is 11.2 Å². The summed E-state index contributed by atoms with van der Waals surface area (Å²) in [7, 11) is 0. The average molecular weight is 261 g/mol. The average Bonchev–Trinajstić information content (AvgIpc) is 2.46. The molecule has 2 unspecified atom stereocenters. The molecule has 2 rings (SSSR count). The summed E-state index contributed by atoms with van der Waals surface area (Å²) >= 11 is 0. The van der Waals surface area contributed by atoms with Gasteiger partial charge >= 0.3 is 5.97 Å².